The van der Waals surface area contributed by atoms with Crippen LogP contribution < -0.4 is 5.32 Å². The summed E-state index contributed by atoms with van der Waals surface area (Å²) in [5.41, 5.74) is 5.83. The van der Waals surface area contributed by atoms with Crippen LogP contribution in [0.5, 0.6) is 0 Å². The molecule has 3 heteroatoms. The molecule has 1 heterocycles. The van der Waals surface area contributed by atoms with E-state index in [-0.39, 0.29) is 5.91 Å². The fraction of sp³-hybridized carbons (Fsp3) is 0.240. The largest absolute Gasteiger partial charge is 0.341 e. The molecule has 3 nitrogen and oxygen atoms in total. The molecule has 0 saturated heterocycles. The van der Waals surface area contributed by atoms with Crippen LogP contribution in [-0.4, -0.2) is 10.5 Å². The van der Waals surface area contributed by atoms with Crippen molar-refractivity contribution in [2.75, 3.05) is 5.32 Å². The molecular formula is C25H26N2O. The number of rotatable bonds is 6. The Morgan fingerprint density at radius 3 is 2.32 bits per heavy atom. The number of benzene rings is 3. The van der Waals surface area contributed by atoms with E-state index in [1.54, 1.807) is 0 Å². The fourth-order valence-corrected chi connectivity index (χ4v) is 3.90. The Kier molecular flexibility index (Phi) is 5.16. The highest BCUT2D eigenvalue weighted by atomic mass is 16.1. The smallest absolute Gasteiger partial charge is 0.224 e. The molecule has 0 fully saturated rings. The second-order valence-electron chi connectivity index (χ2n) is 7.21. The van der Waals surface area contributed by atoms with Gasteiger partial charge in [-0.05, 0) is 55.2 Å². The summed E-state index contributed by atoms with van der Waals surface area (Å²) < 4.78 is 2.32. The van der Waals surface area contributed by atoms with Crippen molar-refractivity contribution in [1.29, 1.82) is 0 Å². The van der Waals surface area contributed by atoms with Crippen LogP contribution in [0.25, 0.3) is 21.8 Å². The van der Waals surface area contributed by atoms with E-state index < -0.39 is 0 Å². The lowest BCUT2D eigenvalue weighted by molar-refractivity contribution is -0.116. The Balaban J connectivity index is 1.51. The molecule has 28 heavy (non-hydrogen) atoms. The van der Waals surface area contributed by atoms with Gasteiger partial charge in [0.1, 0.15) is 0 Å². The molecule has 1 amide bonds. The monoisotopic (exact) mass is 370 g/mol. The first-order valence-electron chi connectivity index (χ1n) is 10.1. The van der Waals surface area contributed by atoms with Gasteiger partial charge >= 0.3 is 0 Å². The molecule has 1 N–H and O–H groups in total. The van der Waals surface area contributed by atoms with Crippen LogP contribution in [-0.2, 0) is 24.2 Å². The van der Waals surface area contributed by atoms with Crippen LogP contribution in [0.1, 0.15) is 31.4 Å². The van der Waals surface area contributed by atoms with Crippen molar-refractivity contribution < 1.29 is 4.79 Å². The Bertz CT molecular complexity index is 1120. The molecule has 0 spiro atoms. The average molecular weight is 370 g/mol. The predicted octanol–water partition coefficient (Wildman–Crippen LogP) is 5.95. The summed E-state index contributed by atoms with van der Waals surface area (Å²) >= 11 is 0. The molecule has 4 aromatic rings. The van der Waals surface area contributed by atoms with Crippen molar-refractivity contribution in [3.8, 4) is 0 Å². The van der Waals surface area contributed by atoms with Crippen molar-refractivity contribution in [2.24, 2.45) is 0 Å². The van der Waals surface area contributed by atoms with E-state index >= 15 is 0 Å². The first-order valence-corrected chi connectivity index (χ1v) is 10.1. The van der Waals surface area contributed by atoms with Crippen molar-refractivity contribution in [2.45, 2.75) is 39.7 Å². The van der Waals surface area contributed by atoms with E-state index in [2.05, 4.69) is 84.4 Å². The lowest BCUT2D eigenvalue weighted by atomic mass is 10.1. The lowest BCUT2D eigenvalue weighted by Gasteiger charge is -2.07. The van der Waals surface area contributed by atoms with Crippen LogP contribution in [0, 0.1) is 0 Å². The first-order chi connectivity index (χ1) is 13.7. The summed E-state index contributed by atoms with van der Waals surface area (Å²) in [5, 5.41) is 5.48. The summed E-state index contributed by atoms with van der Waals surface area (Å²) in [6, 6.07) is 23.2. The Morgan fingerprint density at radius 1 is 0.857 bits per heavy atom. The second-order valence-corrected chi connectivity index (χ2v) is 7.21. The molecule has 0 bridgehead atoms. The maximum absolute atomic E-state index is 12.5. The fourth-order valence-electron chi connectivity index (χ4n) is 3.90. The van der Waals surface area contributed by atoms with Gasteiger partial charge in [0.25, 0.3) is 0 Å². The number of para-hydroxylation sites is 1. The number of fused-ring (bicyclic) bond motifs is 3. The van der Waals surface area contributed by atoms with Crippen LogP contribution in [0.15, 0.2) is 66.7 Å². The lowest BCUT2D eigenvalue weighted by Crippen LogP contribution is -2.12. The van der Waals surface area contributed by atoms with Gasteiger partial charge in [0.15, 0.2) is 0 Å². The zero-order valence-electron chi connectivity index (χ0n) is 16.5. The van der Waals surface area contributed by atoms with Crippen molar-refractivity contribution >= 4 is 33.4 Å². The van der Waals surface area contributed by atoms with Gasteiger partial charge in [-0.25, -0.2) is 0 Å². The number of aryl methyl sites for hydroxylation is 3. The summed E-state index contributed by atoms with van der Waals surface area (Å²) in [7, 11) is 0. The molecule has 0 radical (unpaired) electrons. The Morgan fingerprint density at radius 2 is 1.57 bits per heavy atom. The highest BCUT2D eigenvalue weighted by Crippen LogP contribution is 2.31. The molecule has 0 aliphatic heterocycles. The topological polar surface area (TPSA) is 34.0 Å². The van der Waals surface area contributed by atoms with Crippen molar-refractivity contribution in [1.82, 2.24) is 4.57 Å². The molecule has 1 aromatic heterocycles. The molecule has 3 aromatic carbocycles. The number of nitrogens with one attached hydrogen (secondary N) is 1. The predicted molar refractivity (Wildman–Crippen MR) is 118 cm³/mol. The molecule has 4 rings (SSSR count). The van der Waals surface area contributed by atoms with Crippen LogP contribution in [0.3, 0.4) is 0 Å². The number of hydrogen-bond donors (Lipinski definition) is 1. The number of aromatic nitrogens is 1. The van der Waals surface area contributed by atoms with E-state index in [9.17, 15) is 4.79 Å². The van der Waals surface area contributed by atoms with Crippen molar-refractivity contribution in [3.05, 3.63) is 77.9 Å². The quantitative estimate of drug-likeness (QED) is 0.447. The standard InChI is InChI=1S/C25H26N2O/c1-3-18-9-11-19(12-10-18)13-16-25(28)26-20-14-15-24-22(17-20)21-7-5-6-8-23(21)27(24)4-2/h5-12,14-15,17H,3-4,13,16H2,1-2H3,(H,26,28). The van der Waals surface area contributed by atoms with Gasteiger partial charge in [-0.3, -0.25) is 4.79 Å². The number of anilines is 1. The molecule has 0 unspecified atom stereocenters. The van der Waals surface area contributed by atoms with Gasteiger partial charge in [0, 0.05) is 40.5 Å². The van der Waals surface area contributed by atoms with E-state index in [1.807, 2.05) is 6.07 Å². The van der Waals surface area contributed by atoms with E-state index in [0.29, 0.717) is 6.42 Å². The number of nitrogens with zero attached hydrogens (tertiary/aromatic N) is 1. The molecule has 0 aliphatic carbocycles. The minimum absolute atomic E-state index is 0.0538. The number of carbonyl (C=O) groups is 1. The Labute approximate surface area is 166 Å². The summed E-state index contributed by atoms with van der Waals surface area (Å²) in [6.45, 7) is 5.23. The van der Waals surface area contributed by atoms with Gasteiger partial charge < -0.3 is 9.88 Å². The van der Waals surface area contributed by atoms with E-state index in [4.69, 9.17) is 0 Å². The molecule has 0 saturated carbocycles. The molecule has 0 atom stereocenters. The third-order valence-corrected chi connectivity index (χ3v) is 5.44. The van der Waals surface area contributed by atoms with Crippen molar-refractivity contribution in [3.63, 3.8) is 0 Å². The summed E-state index contributed by atoms with van der Waals surface area (Å²) in [6.07, 6.45) is 2.28. The van der Waals surface area contributed by atoms with E-state index in [0.717, 1.165) is 25.1 Å². The van der Waals surface area contributed by atoms with Gasteiger partial charge in [0.2, 0.25) is 5.91 Å². The second kappa shape index (κ2) is 7.89. The summed E-state index contributed by atoms with van der Waals surface area (Å²) in [4.78, 5) is 12.5. The average Bonchev–Trinajstić information content (AvgIpc) is 3.05. The zero-order valence-corrected chi connectivity index (χ0v) is 16.5. The maximum Gasteiger partial charge on any atom is 0.224 e. The SMILES string of the molecule is CCc1ccc(CCC(=O)Nc2ccc3c(c2)c2ccccc2n3CC)cc1. The highest BCUT2D eigenvalue weighted by Gasteiger charge is 2.11. The van der Waals surface area contributed by atoms with Gasteiger partial charge in [0.05, 0.1) is 0 Å². The molecule has 142 valence electrons. The number of hydrogen-bond acceptors (Lipinski definition) is 1. The molecular weight excluding hydrogens is 344 g/mol. The van der Waals surface area contributed by atoms with Crippen LogP contribution in [0.2, 0.25) is 0 Å². The third-order valence-electron chi connectivity index (χ3n) is 5.44. The first kappa shape index (κ1) is 18.3. The Hall–Kier alpha value is -3.07. The maximum atomic E-state index is 12.5. The normalized spacial score (nSPS) is 11.2. The number of amides is 1. The third kappa shape index (κ3) is 3.53. The minimum atomic E-state index is 0.0538. The van der Waals surface area contributed by atoms with Gasteiger partial charge in [-0.2, -0.15) is 0 Å². The summed E-state index contributed by atoms with van der Waals surface area (Å²) in [5.74, 6) is 0.0538. The van der Waals surface area contributed by atoms with Crippen LogP contribution >= 0.6 is 0 Å². The minimum Gasteiger partial charge on any atom is -0.341 e. The van der Waals surface area contributed by atoms with Gasteiger partial charge in [-0.1, -0.05) is 49.4 Å². The number of carbonyl (C=O) groups excluding carboxylic acids is 1. The van der Waals surface area contributed by atoms with E-state index in [1.165, 1.54) is 32.9 Å². The zero-order chi connectivity index (χ0) is 19.5. The molecule has 0 aliphatic rings. The highest BCUT2D eigenvalue weighted by molar-refractivity contribution is 6.09. The van der Waals surface area contributed by atoms with Gasteiger partial charge in [-0.15, -0.1) is 0 Å². The van der Waals surface area contributed by atoms with Crippen LogP contribution in [0.4, 0.5) is 5.69 Å².